The van der Waals surface area contributed by atoms with Crippen molar-refractivity contribution in [2.45, 2.75) is 31.7 Å². The molecule has 0 saturated heterocycles. The summed E-state index contributed by atoms with van der Waals surface area (Å²) in [6.07, 6.45) is 0.447. The van der Waals surface area contributed by atoms with E-state index in [2.05, 4.69) is 5.32 Å². The molecule has 0 bridgehead atoms. The molecule has 0 aliphatic carbocycles. The monoisotopic (exact) mass is 255 g/mol. The van der Waals surface area contributed by atoms with E-state index < -0.39 is 9.84 Å². The molecule has 0 heterocycles. The van der Waals surface area contributed by atoms with Gasteiger partial charge in [0, 0.05) is 13.0 Å². The first-order valence-electron chi connectivity index (χ1n) is 5.58. The molecule has 0 aliphatic rings. The van der Waals surface area contributed by atoms with Gasteiger partial charge in [0.05, 0.1) is 10.6 Å². The summed E-state index contributed by atoms with van der Waals surface area (Å²) in [6.45, 7) is 3.83. The van der Waals surface area contributed by atoms with Crippen LogP contribution in [0.15, 0.2) is 29.2 Å². The van der Waals surface area contributed by atoms with Crippen LogP contribution < -0.4 is 5.32 Å². The van der Waals surface area contributed by atoms with E-state index in [1.807, 2.05) is 0 Å². The first-order chi connectivity index (χ1) is 7.99. The first kappa shape index (κ1) is 13.7. The molecule has 4 nitrogen and oxygen atoms in total. The van der Waals surface area contributed by atoms with E-state index in [1.165, 1.54) is 0 Å². The first-order valence-corrected chi connectivity index (χ1v) is 7.23. The Hall–Kier alpha value is -1.36. The number of carbonyl (C=O) groups excluding carboxylic acids is 1. The van der Waals surface area contributed by atoms with Crippen LogP contribution >= 0.6 is 0 Å². The normalized spacial score (nSPS) is 11.2. The molecule has 1 aromatic carbocycles. The summed E-state index contributed by atoms with van der Waals surface area (Å²) >= 11 is 0. The van der Waals surface area contributed by atoms with E-state index in [9.17, 15) is 13.2 Å². The van der Waals surface area contributed by atoms with Crippen molar-refractivity contribution in [2.24, 2.45) is 0 Å². The number of hydrogen-bond donors (Lipinski definition) is 1. The molecule has 1 rings (SSSR count). The molecule has 17 heavy (non-hydrogen) atoms. The maximum Gasteiger partial charge on any atom is 0.219 e. The average Bonchev–Trinajstić information content (AvgIpc) is 2.36. The van der Waals surface area contributed by atoms with Crippen molar-refractivity contribution in [3.8, 4) is 0 Å². The van der Waals surface area contributed by atoms with Gasteiger partial charge in [-0.15, -0.1) is 0 Å². The molecular formula is C12H17NO3S. The van der Waals surface area contributed by atoms with Gasteiger partial charge in [0.1, 0.15) is 0 Å². The molecule has 0 radical (unpaired) electrons. The molecule has 0 aliphatic heterocycles. The number of hydrogen-bond acceptors (Lipinski definition) is 3. The molecule has 1 N–H and O–H groups in total. The van der Waals surface area contributed by atoms with Crippen LogP contribution in [0.3, 0.4) is 0 Å². The summed E-state index contributed by atoms with van der Waals surface area (Å²) in [5.74, 6) is 0.0779. The van der Waals surface area contributed by atoms with Crippen molar-refractivity contribution >= 4 is 15.7 Å². The Balaban J connectivity index is 2.72. The highest BCUT2D eigenvalue weighted by Crippen LogP contribution is 2.12. The maximum absolute atomic E-state index is 11.6. The third-order valence-electron chi connectivity index (χ3n) is 2.47. The third kappa shape index (κ3) is 3.85. The molecule has 0 unspecified atom stereocenters. The zero-order chi connectivity index (χ0) is 12.9. The Morgan fingerprint density at radius 2 is 1.76 bits per heavy atom. The Morgan fingerprint density at radius 3 is 2.24 bits per heavy atom. The smallest absolute Gasteiger partial charge is 0.219 e. The van der Waals surface area contributed by atoms with Gasteiger partial charge in [0.2, 0.25) is 5.91 Å². The quantitative estimate of drug-likeness (QED) is 0.867. The number of sulfone groups is 1. The lowest BCUT2D eigenvalue weighted by Gasteiger charge is -2.05. The predicted molar refractivity (Wildman–Crippen MR) is 66.3 cm³/mol. The SMILES string of the molecule is CCC(=O)NCc1ccc(S(=O)(=O)CC)cc1. The zero-order valence-electron chi connectivity index (χ0n) is 10.1. The van der Waals surface area contributed by atoms with Gasteiger partial charge in [-0.2, -0.15) is 0 Å². The Bertz CT molecular complexity index is 477. The van der Waals surface area contributed by atoms with E-state index in [0.717, 1.165) is 5.56 Å². The third-order valence-corrected chi connectivity index (χ3v) is 4.22. The molecule has 0 fully saturated rings. The van der Waals surface area contributed by atoms with Gasteiger partial charge in [-0.1, -0.05) is 26.0 Å². The van der Waals surface area contributed by atoms with E-state index in [4.69, 9.17) is 0 Å². The summed E-state index contributed by atoms with van der Waals surface area (Å²) in [5, 5.41) is 2.73. The average molecular weight is 255 g/mol. The molecule has 0 spiro atoms. The molecule has 94 valence electrons. The Labute approximate surface area is 102 Å². The second-order valence-electron chi connectivity index (χ2n) is 3.68. The highest BCUT2D eigenvalue weighted by Gasteiger charge is 2.10. The van der Waals surface area contributed by atoms with Crippen LogP contribution in [-0.2, 0) is 21.2 Å². The molecular weight excluding hydrogens is 238 g/mol. The lowest BCUT2D eigenvalue weighted by atomic mass is 10.2. The van der Waals surface area contributed by atoms with Crippen LogP contribution in [0.4, 0.5) is 0 Å². The summed E-state index contributed by atoms with van der Waals surface area (Å²) in [4.78, 5) is 11.4. The van der Waals surface area contributed by atoms with Crippen LogP contribution in [-0.4, -0.2) is 20.1 Å². The number of nitrogens with one attached hydrogen (secondary N) is 1. The summed E-state index contributed by atoms with van der Waals surface area (Å²) in [6, 6.07) is 6.59. The lowest BCUT2D eigenvalue weighted by molar-refractivity contribution is -0.120. The Morgan fingerprint density at radius 1 is 1.18 bits per heavy atom. The number of rotatable bonds is 5. The van der Waals surface area contributed by atoms with Gasteiger partial charge in [-0.05, 0) is 17.7 Å². The molecule has 1 amide bonds. The van der Waals surface area contributed by atoms with Crippen molar-refractivity contribution in [3.63, 3.8) is 0 Å². The van der Waals surface area contributed by atoms with Crippen molar-refractivity contribution in [2.75, 3.05) is 5.75 Å². The van der Waals surface area contributed by atoms with Crippen LogP contribution in [0.2, 0.25) is 0 Å². The van der Waals surface area contributed by atoms with Crippen LogP contribution in [0.25, 0.3) is 0 Å². The highest BCUT2D eigenvalue weighted by atomic mass is 32.2. The van der Waals surface area contributed by atoms with E-state index in [0.29, 0.717) is 17.9 Å². The van der Waals surface area contributed by atoms with E-state index >= 15 is 0 Å². The molecule has 0 aromatic heterocycles. The van der Waals surface area contributed by atoms with Crippen LogP contribution in [0, 0.1) is 0 Å². The van der Waals surface area contributed by atoms with Gasteiger partial charge >= 0.3 is 0 Å². The van der Waals surface area contributed by atoms with Crippen molar-refractivity contribution < 1.29 is 13.2 Å². The summed E-state index contributed by atoms with van der Waals surface area (Å²) in [7, 11) is -3.14. The summed E-state index contributed by atoms with van der Waals surface area (Å²) < 4.78 is 23.1. The van der Waals surface area contributed by atoms with E-state index in [-0.39, 0.29) is 11.7 Å². The molecule has 0 atom stereocenters. The van der Waals surface area contributed by atoms with Gasteiger partial charge in [0.25, 0.3) is 0 Å². The molecule has 5 heteroatoms. The van der Waals surface area contributed by atoms with Crippen molar-refractivity contribution in [1.29, 1.82) is 0 Å². The lowest BCUT2D eigenvalue weighted by Crippen LogP contribution is -2.21. The fourth-order valence-electron chi connectivity index (χ4n) is 1.31. The molecule has 1 aromatic rings. The van der Waals surface area contributed by atoms with Crippen LogP contribution in [0.1, 0.15) is 25.8 Å². The Kier molecular flexibility index (Phi) is 4.69. The number of benzene rings is 1. The van der Waals surface area contributed by atoms with Gasteiger partial charge in [0.15, 0.2) is 9.84 Å². The number of amides is 1. The summed E-state index contributed by atoms with van der Waals surface area (Å²) in [5.41, 5.74) is 0.891. The minimum absolute atomic E-state index is 0.0183. The minimum atomic E-state index is -3.14. The zero-order valence-corrected chi connectivity index (χ0v) is 10.9. The van der Waals surface area contributed by atoms with Crippen molar-refractivity contribution in [3.05, 3.63) is 29.8 Å². The fraction of sp³-hybridized carbons (Fsp3) is 0.417. The van der Waals surface area contributed by atoms with Gasteiger partial charge < -0.3 is 5.32 Å². The van der Waals surface area contributed by atoms with Gasteiger partial charge in [-0.3, -0.25) is 4.79 Å². The fourth-order valence-corrected chi connectivity index (χ4v) is 2.19. The maximum atomic E-state index is 11.6. The minimum Gasteiger partial charge on any atom is -0.352 e. The van der Waals surface area contributed by atoms with Gasteiger partial charge in [-0.25, -0.2) is 8.42 Å². The predicted octanol–water partition coefficient (Wildman–Crippen LogP) is 1.51. The van der Waals surface area contributed by atoms with E-state index in [1.54, 1.807) is 38.1 Å². The topological polar surface area (TPSA) is 63.2 Å². The highest BCUT2D eigenvalue weighted by molar-refractivity contribution is 7.91. The van der Waals surface area contributed by atoms with Crippen LogP contribution in [0.5, 0.6) is 0 Å². The number of carbonyl (C=O) groups is 1. The molecule has 0 saturated carbocycles. The second kappa shape index (κ2) is 5.82. The standard InChI is InChI=1S/C12H17NO3S/c1-3-12(14)13-9-10-5-7-11(8-6-10)17(15,16)4-2/h5-8H,3-4,9H2,1-2H3,(H,13,14). The largest absolute Gasteiger partial charge is 0.352 e. The second-order valence-corrected chi connectivity index (χ2v) is 5.96. The van der Waals surface area contributed by atoms with Crippen molar-refractivity contribution in [1.82, 2.24) is 5.32 Å².